The predicted octanol–water partition coefficient (Wildman–Crippen LogP) is 3.30. The quantitative estimate of drug-likeness (QED) is 0.751. The van der Waals surface area contributed by atoms with Gasteiger partial charge in [-0.2, -0.15) is 0 Å². The van der Waals surface area contributed by atoms with Crippen molar-refractivity contribution in [2.45, 2.75) is 4.90 Å². The summed E-state index contributed by atoms with van der Waals surface area (Å²) in [5.74, 6) is -0.388. The van der Waals surface area contributed by atoms with E-state index in [4.69, 9.17) is 33.1 Å². The fraction of sp³-hybridized carbons (Fsp3) is 0.0625. The predicted molar refractivity (Wildman–Crippen MR) is 98.5 cm³/mol. The van der Waals surface area contributed by atoms with Crippen LogP contribution in [0.25, 0.3) is 6.08 Å². The van der Waals surface area contributed by atoms with E-state index in [-0.39, 0.29) is 16.3 Å². The largest absolute Gasteiger partial charge is 0.495 e. The van der Waals surface area contributed by atoms with Gasteiger partial charge in [-0.05, 0) is 42.0 Å². The molecule has 3 N–H and O–H groups in total. The molecule has 0 unspecified atom stereocenters. The number of rotatable bonds is 5. The lowest BCUT2D eigenvalue weighted by Gasteiger charge is -2.09. The van der Waals surface area contributed by atoms with Gasteiger partial charge in [-0.15, -0.1) is 0 Å². The standard InChI is InChI=1S/C16H14Cl2N2O4S/c1-24-14-6-5-12(9-15(14)25(19,22)23)20-16(21)7-3-10-2-4-11(17)8-13(10)18/h2-9H,1H3,(H,20,21)(H2,19,22,23)/b7-3+. The molecule has 6 nitrogen and oxygen atoms in total. The maximum Gasteiger partial charge on any atom is 0.248 e. The van der Waals surface area contributed by atoms with Crippen molar-refractivity contribution in [3.05, 3.63) is 58.1 Å². The van der Waals surface area contributed by atoms with E-state index >= 15 is 0 Å². The van der Waals surface area contributed by atoms with Crippen LogP contribution in [0.15, 0.2) is 47.4 Å². The van der Waals surface area contributed by atoms with Crippen LogP contribution in [-0.4, -0.2) is 21.4 Å². The fourth-order valence-electron chi connectivity index (χ4n) is 1.96. The highest BCUT2D eigenvalue weighted by Crippen LogP contribution is 2.26. The van der Waals surface area contributed by atoms with Gasteiger partial charge >= 0.3 is 0 Å². The number of nitrogens with one attached hydrogen (secondary N) is 1. The molecule has 0 aliphatic rings. The Labute approximate surface area is 155 Å². The minimum atomic E-state index is -3.99. The summed E-state index contributed by atoms with van der Waals surface area (Å²) in [5.41, 5.74) is 0.864. The van der Waals surface area contributed by atoms with Crippen LogP contribution in [0.4, 0.5) is 5.69 Å². The monoisotopic (exact) mass is 400 g/mol. The second-order valence-electron chi connectivity index (χ2n) is 4.90. The molecule has 9 heteroatoms. The van der Waals surface area contributed by atoms with E-state index in [0.717, 1.165) is 0 Å². The molecule has 0 saturated carbocycles. The highest BCUT2D eigenvalue weighted by molar-refractivity contribution is 7.89. The Kier molecular flexibility index (Phi) is 6.07. The SMILES string of the molecule is COc1ccc(NC(=O)/C=C/c2ccc(Cl)cc2Cl)cc1S(N)(=O)=O. The van der Waals surface area contributed by atoms with Crippen molar-refractivity contribution >= 4 is 50.9 Å². The fourth-order valence-corrected chi connectivity index (χ4v) is 3.16. The van der Waals surface area contributed by atoms with Crippen molar-refractivity contribution in [2.75, 3.05) is 12.4 Å². The van der Waals surface area contributed by atoms with Crippen molar-refractivity contribution in [2.24, 2.45) is 5.14 Å². The molecule has 0 heterocycles. The number of halogens is 2. The summed E-state index contributed by atoms with van der Waals surface area (Å²) in [6.45, 7) is 0. The van der Waals surface area contributed by atoms with Crippen LogP contribution in [0.1, 0.15) is 5.56 Å². The van der Waals surface area contributed by atoms with Crippen LogP contribution in [0.3, 0.4) is 0 Å². The molecular formula is C16H14Cl2N2O4S. The minimum absolute atomic E-state index is 0.0870. The molecule has 2 aromatic rings. The molecule has 0 radical (unpaired) electrons. The number of hydrogen-bond donors (Lipinski definition) is 2. The number of primary sulfonamides is 1. The van der Waals surface area contributed by atoms with E-state index in [1.807, 2.05) is 0 Å². The Balaban J connectivity index is 2.19. The van der Waals surface area contributed by atoms with E-state index in [1.165, 1.54) is 37.5 Å². The smallest absolute Gasteiger partial charge is 0.248 e. The Morgan fingerprint density at radius 1 is 1.20 bits per heavy atom. The third kappa shape index (κ3) is 5.20. The number of hydrogen-bond acceptors (Lipinski definition) is 4. The zero-order valence-electron chi connectivity index (χ0n) is 13.0. The summed E-state index contributed by atoms with van der Waals surface area (Å²) in [5, 5.41) is 8.56. The second-order valence-corrected chi connectivity index (χ2v) is 7.27. The summed E-state index contributed by atoms with van der Waals surface area (Å²) in [6.07, 6.45) is 2.77. The molecule has 1 amide bonds. The first-order valence-electron chi connectivity index (χ1n) is 6.85. The second kappa shape index (κ2) is 7.88. The van der Waals surface area contributed by atoms with Crippen LogP contribution < -0.4 is 15.2 Å². The molecule has 25 heavy (non-hydrogen) atoms. The third-order valence-corrected chi connectivity index (χ3v) is 4.61. The zero-order valence-corrected chi connectivity index (χ0v) is 15.3. The lowest BCUT2D eigenvalue weighted by Crippen LogP contribution is -2.15. The van der Waals surface area contributed by atoms with Crippen molar-refractivity contribution in [1.82, 2.24) is 0 Å². The Morgan fingerprint density at radius 3 is 2.52 bits per heavy atom. The summed E-state index contributed by atoms with van der Waals surface area (Å²) < 4.78 is 28.1. The molecule has 132 valence electrons. The number of carbonyl (C=O) groups excluding carboxylic acids is 1. The number of nitrogens with two attached hydrogens (primary N) is 1. The van der Waals surface area contributed by atoms with Crippen molar-refractivity contribution in [3.8, 4) is 5.75 Å². The molecular weight excluding hydrogens is 387 g/mol. The van der Waals surface area contributed by atoms with Gasteiger partial charge in [-0.3, -0.25) is 4.79 Å². The Hall–Kier alpha value is -2.06. The average Bonchev–Trinajstić information content (AvgIpc) is 2.53. The lowest BCUT2D eigenvalue weighted by molar-refractivity contribution is -0.111. The summed E-state index contributed by atoms with van der Waals surface area (Å²) >= 11 is 11.8. The first kappa shape index (κ1) is 19.3. The molecule has 2 rings (SSSR count). The van der Waals surface area contributed by atoms with Gasteiger partial charge in [-0.25, -0.2) is 13.6 Å². The van der Waals surface area contributed by atoms with E-state index in [1.54, 1.807) is 18.2 Å². The zero-order chi connectivity index (χ0) is 18.6. The molecule has 0 aliphatic heterocycles. The number of benzene rings is 2. The summed E-state index contributed by atoms with van der Waals surface area (Å²) in [6, 6.07) is 8.98. The molecule has 0 saturated heterocycles. The van der Waals surface area contributed by atoms with Crippen molar-refractivity contribution in [3.63, 3.8) is 0 Å². The van der Waals surface area contributed by atoms with Crippen LogP contribution >= 0.6 is 23.2 Å². The van der Waals surface area contributed by atoms with E-state index in [9.17, 15) is 13.2 Å². The van der Waals surface area contributed by atoms with Crippen LogP contribution in [0.2, 0.25) is 10.0 Å². The molecule has 0 spiro atoms. The maximum absolute atomic E-state index is 12.0. The normalized spacial score (nSPS) is 11.5. The number of sulfonamides is 1. The average molecular weight is 401 g/mol. The minimum Gasteiger partial charge on any atom is -0.495 e. The van der Waals surface area contributed by atoms with Gasteiger partial charge in [0.2, 0.25) is 15.9 Å². The maximum atomic E-state index is 12.0. The van der Waals surface area contributed by atoms with E-state index in [0.29, 0.717) is 15.6 Å². The highest BCUT2D eigenvalue weighted by Gasteiger charge is 2.16. The number of carbonyl (C=O) groups is 1. The van der Waals surface area contributed by atoms with E-state index < -0.39 is 15.9 Å². The van der Waals surface area contributed by atoms with Gasteiger partial charge in [0.1, 0.15) is 10.6 Å². The number of anilines is 1. The topological polar surface area (TPSA) is 98.5 Å². The molecule has 0 fully saturated rings. The molecule has 2 aromatic carbocycles. The van der Waals surface area contributed by atoms with Crippen LogP contribution in [0.5, 0.6) is 5.75 Å². The van der Waals surface area contributed by atoms with Gasteiger partial charge in [0.25, 0.3) is 0 Å². The van der Waals surface area contributed by atoms with Gasteiger partial charge in [0.05, 0.1) is 7.11 Å². The number of amides is 1. The summed E-state index contributed by atoms with van der Waals surface area (Å²) in [7, 11) is -2.67. The molecule has 0 aromatic heterocycles. The molecule has 0 aliphatic carbocycles. The number of methoxy groups -OCH3 is 1. The van der Waals surface area contributed by atoms with Crippen molar-refractivity contribution < 1.29 is 17.9 Å². The van der Waals surface area contributed by atoms with Gasteiger partial charge in [0, 0.05) is 21.8 Å². The van der Waals surface area contributed by atoms with Crippen LogP contribution in [-0.2, 0) is 14.8 Å². The van der Waals surface area contributed by atoms with Crippen LogP contribution in [0, 0.1) is 0 Å². The Bertz CT molecular complexity index is 943. The highest BCUT2D eigenvalue weighted by atomic mass is 35.5. The Morgan fingerprint density at radius 2 is 1.92 bits per heavy atom. The summed E-state index contributed by atoms with van der Waals surface area (Å²) in [4.78, 5) is 11.8. The molecule has 0 bridgehead atoms. The van der Waals surface area contributed by atoms with Gasteiger partial charge in [0.15, 0.2) is 0 Å². The molecule has 0 atom stereocenters. The van der Waals surface area contributed by atoms with Gasteiger partial charge < -0.3 is 10.1 Å². The van der Waals surface area contributed by atoms with Crippen molar-refractivity contribution in [1.29, 1.82) is 0 Å². The van der Waals surface area contributed by atoms with Gasteiger partial charge in [-0.1, -0.05) is 29.3 Å². The first-order chi connectivity index (χ1) is 11.7. The third-order valence-electron chi connectivity index (χ3n) is 3.11. The van der Waals surface area contributed by atoms with E-state index in [2.05, 4.69) is 5.32 Å². The number of ether oxygens (including phenoxy) is 1. The lowest BCUT2D eigenvalue weighted by atomic mass is 10.2. The first-order valence-corrected chi connectivity index (χ1v) is 9.16.